The molecule has 2 aromatic rings. The molecule has 0 radical (unpaired) electrons. The van der Waals surface area contributed by atoms with Gasteiger partial charge in [-0.3, -0.25) is 0 Å². The van der Waals surface area contributed by atoms with E-state index in [-0.39, 0.29) is 0 Å². The third kappa shape index (κ3) is 2.91. The molecule has 0 aliphatic rings. The fraction of sp³-hybridized carbons (Fsp3) is 0.0833. The third-order valence-corrected chi connectivity index (χ3v) is 2.18. The van der Waals surface area contributed by atoms with E-state index >= 15 is 0 Å². The number of nitrogen functional groups attached to an aromatic ring is 1. The Morgan fingerprint density at radius 3 is 2.06 bits per heavy atom. The van der Waals surface area contributed by atoms with Gasteiger partial charge in [0.1, 0.15) is 17.3 Å². The summed E-state index contributed by atoms with van der Waals surface area (Å²) in [6.07, 6.45) is -2.95. The summed E-state index contributed by atoms with van der Waals surface area (Å²) in [7, 11) is 0. The van der Waals surface area contributed by atoms with E-state index in [0.717, 1.165) is 12.1 Å². The fourth-order valence-corrected chi connectivity index (χ4v) is 1.30. The molecule has 3 nitrogen and oxygen atoms in total. The molecule has 0 fully saturated rings. The van der Waals surface area contributed by atoms with Crippen LogP contribution in [0.3, 0.4) is 0 Å². The van der Waals surface area contributed by atoms with Crippen LogP contribution in [0.15, 0.2) is 42.6 Å². The molecular formula is C12H9F3N2O. The van der Waals surface area contributed by atoms with Gasteiger partial charge in [-0.2, -0.15) is 13.2 Å². The molecule has 18 heavy (non-hydrogen) atoms. The highest BCUT2D eigenvalue weighted by atomic mass is 19.4. The van der Waals surface area contributed by atoms with Gasteiger partial charge in [-0.1, -0.05) is 0 Å². The van der Waals surface area contributed by atoms with Crippen molar-refractivity contribution in [2.24, 2.45) is 0 Å². The number of hydrogen-bond acceptors (Lipinski definition) is 3. The lowest BCUT2D eigenvalue weighted by Crippen LogP contribution is -2.04. The van der Waals surface area contributed by atoms with Crippen molar-refractivity contribution in [1.29, 1.82) is 0 Å². The van der Waals surface area contributed by atoms with Crippen molar-refractivity contribution in [3.8, 4) is 11.5 Å². The van der Waals surface area contributed by atoms with E-state index in [1.807, 2.05) is 0 Å². The van der Waals surface area contributed by atoms with E-state index in [2.05, 4.69) is 4.98 Å². The smallest absolute Gasteiger partial charge is 0.416 e. The van der Waals surface area contributed by atoms with Gasteiger partial charge in [0.15, 0.2) is 0 Å². The molecule has 0 aliphatic carbocycles. The number of pyridine rings is 1. The summed E-state index contributed by atoms with van der Waals surface area (Å²) in [4.78, 5) is 3.80. The second-order valence-electron chi connectivity index (χ2n) is 3.54. The number of nitrogens with two attached hydrogens (primary N) is 1. The van der Waals surface area contributed by atoms with Crippen LogP contribution in [-0.4, -0.2) is 4.98 Å². The van der Waals surface area contributed by atoms with Crippen LogP contribution in [-0.2, 0) is 6.18 Å². The van der Waals surface area contributed by atoms with Gasteiger partial charge in [0.25, 0.3) is 0 Å². The second kappa shape index (κ2) is 4.56. The van der Waals surface area contributed by atoms with Gasteiger partial charge in [-0.25, -0.2) is 4.98 Å². The van der Waals surface area contributed by atoms with Crippen LogP contribution in [0.2, 0.25) is 0 Å². The number of halogens is 3. The van der Waals surface area contributed by atoms with Crippen molar-refractivity contribution in [1.82, 2.24) is 4.98 Å². The van der Waals surface area contributed by atoms with E-state index in [9.17, 15) is 13.2 Å². The number of ether oxygens (including phenoxy) is 1. The Bertz CT molecular complexity index is 521. The zero-order valence-electron chi connectivity index (χ0n) is 9.11. The minimum Gasteiger partial charge on any atom is -0.456 e. The van der Waals surface area contributed by atoms with Crippen LogP contribution in [0.4, 0.5) is 19.0 Å². The van der Waals surface area contributed by atoms with Crippen LogP contribution in [0.1, 0.15) is 5.56 Å². The van der Waals surface area contributed by atoms with Crippen molar-refractivity contribution >= 4 is 5.82 Å². The van der Waals surface area contributed by atoms with Gasteiger partial charge >= 0.3 is 6.18 Å². The first-order chi connectivity index (χ1) is 8.45. The molecule has 0 saturated carbocycles. The van der Waals surface area contributed by atoms with E-state index in [1.54, 1.807) is 12.1 Å². The van der Waals surface area contributed by atoms with Crippen molar-refractivity contribution < 1.29 is 17.9 Å². The molecule has 0 bridgehead atoms. The molecule has 1 aromatic carbocycles. The minimum atomic E-state index is -4.35. The SMILES string of the molecule is Nc1ccc(Oc2ccc(C(F)(F)F)cc2)cn1. The number of benzene rings is 1. The Labute approximate surface area is 101 Å². The fourth-order valence-electron chi connectivity index (χ4n) is 1.30. The summed E-state index contributed by atoms with van der Waals surface area (Å²) >= 11 is 0. The van der Waals surface area contributed by atoms with Crippen LogP contribution in [0.25, 0.3) is 0 Å². The van der Waals surface area contributed by atoms with Crippen molar-refractivity contribution in [2.45, 2.75) is 6.18 Å². The summed E-state index contributed by atoms with van der Waals surface area (Å²) in [5.74, 6) is 1.05. The zero-order chi connectivity index (χ0) is 13.2. The van der Waals surface area contributed by atoms with Crippen molar-refractivity contribution in [3.05, 3.63) is 48.2 Å². The highest BCUT2D eigenvalue weighted by Gasteiger charge is 2.29. The minimum absolute atomic E-state index is 0.301. The van der Waals surface area contributed by atoms with E-state index in [0.29, 0.717) is 17.3 Å². The molecule has 2 N–H and O–H groups in total. The topological polar surface area (TPSA) is 48.1 Å². The lowest BCUT2D eigenvalue weighted by atomic mass is 10.2. The summed E-state index contributed by atoms with van der Waals surface area (Å²) in [6.45, 7) is 0. The summed E-state index contributed by atoms with van der Waals surface area (Å²) in [6, 6.07) is 7.54. The maximum absolute atomic E-state index is 12.3. The average Bonchev–Trinajstić information content (AvgIpc) is 2.32. The van der Waals surface area contributed by atoms with Gasteiger partial charge in [-0.05, 0) is 36.4 Å². The number of aromatic nitrogens is 1. The van der Waals surface area contributed by atoms with E-state index in [1.165, 1.54) is 18.3 Å². The molecular weight excluding hydrogens is 245 g/mol. The van der Waals surface area contributed by atoms with Gasteiger partial charge in [0.2, 0.25) is 0 Å². The molecule has 0 aliphatic heterocycles. The molecule has 0 atom stereocenters. The third-order valence-electron chi connectivity index (χ3n) is 2.18. The lowest BCUT2D eigenvalue weighted by Gasteiger charge is -2.08. The molecule has 0 saturated heterocycles. The largest absolute Gasteiger partial charge is 0.456 e. The number of nitrogens with zero attached hydrogens (tertiary/aromatic N) is 1. The molecule has 1 heterocycles. The van der Waals surface area contributed by atoms with Gasteiger partial charge in [0, 0.05) is 0 Å². The highest BCUT2D eigenvalue weighted by Crippen LogP contribution is 2.31. The van der Waals surface area contributed by atoms with Gasteiger partial charge < -0.3 is 10.5 Å². The van der Waals surface area contributed by atoms with Crippen molar-refractivity contribution in [3.63, 3.8) is 0 Å². The van der Waals surface area contributed by atoms with Gasteiger partial charge in [-0.15, -0.1) is 0 Å². The first kappa shape index (κ1) is 12.2. The quantitative estimate of drug-likeness (QED) is 0.892. The Hall–Kier alpha value is -2.24. The van der Waals surface area contributed by atoms with Crippen LogP contribution in [0.5, 0.6) is 11.5 Å². The first-order valence-corrected chi connectivity index (χ1v) is 5.02. The normalized spacial score (nSPS) is 11.3. The van der Waals surface area contributed by atoms with Crippen LogP contribution >= 0.6 is 0 Å². The van der Waals surface area contributed by atoms with E-state index in [4.69, 9.17) is 10.5 Å². The monoisotopic (exact) mass is 254 g/mol. The molecule has 0 unspecified atom stereocenters. The Morgan fingerprint density at radius 1 is 0.944 bits per heavy atom. The number of alkyl halides is 3. The Kier molecular flexibility index (Phi) is 3.10. The average molecular weight is 254 g/mol. The summed E-state index contributed by atoms with van der Waals surface area (Å²) in [5, 5.41) is 0. The Morgan fingerprint density at radius 2 is 1.56 bits per heavy atom. The number of hydrogen-bond donors (Lipinski definition) is 1. The molecule has 1 aromatic heterocycles. The summed E-state index contributed by atoms with van der Waals surface area (Å²) < 4.78 is 42.3. The summed E-state index contributed by atoms with van der Waals surface area (Å²) in [5.41, 5.74) is 4.68. The van der Waals surface area contributed by atoms with Crippen molar-refractivity contribution in [2.75, 3.05) is 5.73 Å². The molecule has 0 spiro atoms. The lowest BCUT2D eigenvalue weighted by molar-refractivity contribution is -0.137. The molecule has 94 valence electrons. The van der Waals surface area contributed by atoms with Gasteiger partial charge in [0.05, 0.1) is 11.8 Å². The molecule has 2 rings (SSSR count). The first-order valence-electron chi connectivity index (χ1n) is 5.02. The number of anilines is 1. The van der Waals surface area contributed by atoms with Crippen LogP contribution in [0, 0.1) is 0 Å². The zero-order valence-corrected chi connectivity index (χ0v) is 9.11. The number of rotatable bonds is 2. The Balaban J connectivity index is 2.13. The standard InChI is InChI=1S/C12H9F3N2O/c13-12(14,15)8-1-3-9(4-2-8)18-10-5-6-11(16)17-7-10/h1-7H,(H2,16,17). The molecule has 6 heteroatoms. The maximum atomic E-state index is 12.3. The van der Waals surface area contributed by atoms with Crippen LogP contribution < -0.4 is 10.5 Å². The molecule has 0 amide bonds. The predicted octanol–water partition coefficient (Wildman–Crippen LogP) is 3.47. The predicted molar refractivity (Wildman–Crippen MR) is 60.2 cm³/mol. The maximum Gasteiger partial charge on any atom is 0.416 e. The highest BCUT2D eigenvalue weighted by molar-refractivity contribution is 5.36. The van der Waals surface area contributed by atoms with E-state index < -0.39 is 11.7 Å². The second-order valence-corrected chi connectivity index (χ2v) is 3.54.